The Morgan fingerprint density at radius 3 is 3.00 bits per heavy atom. The molecule has 3 nitrogen and oxygen atoms in total. The molecule has 0 radical (unpaired) electrons. The summed E-state index contributed by atoms with van der Waals surface area (Å²) in [5, 5.41) is 3.02. The van der Waals surface area contributed by atoms with Crippen molar-refractivity contribution < 1.29 is 0 Å². The van der Waals surface area contributed by atoms with E-state index >= 15 is 0 Å². The zero-order valence-electron chi connectivity index (χ0n) is 10.6. The van der Waals surface area contributed by atoms with Gasteiger partial charge in [0.05, 0.1) is 11.8 Å². The molecule has 0 saturated carbocycles. The van der Waals surface area contributed by atoms with Gasteiger partial charge < -0.3 is 0 Å². The molecule has 98 valence electrons. The number of hydrogen-bond acceptors (Lipinski definition) is 3. The van der Waals surface area contributed by atoms with Crippen LogP contribution in [-0.4, -0.2) is 14.9 Å². The molecule has 0 amide bonds. The molecule has 0 saturated heterocycles. The lowest BCUT2D eigenvalue weighted by Crippen LogP contribution is -2.20. The van der Waals surface area contributed by atoms with Gasteiger partial charge in [-0.3, -0.25) is 9.36 Å². The first-order valence-corrected chi connectivity index (χ1v) is 8.12. The third-order valence-corrected chi connectivity index (χ3v) is 4.72. The van der Waals surface area contributed by atoms with E-state index in [1.807, 2.05) is 12.3 Å². The molecule has 5 heteroatoms. The molecule has 0 aliphatic heterocycles. The lowest BCUT2D eigenvalue weighted by Gasteiger charge is -2.10. The zero-order chi connectivity index (χ0) is 13.1. The maximum absolute atomic E-state index is 12.2. The maximum Gasteiger partial charge on any atom is 0.271 e. The van der Waals surface area contributed by atoms with Crippen molar-refractivity contribution in [3.63, 3.8) is 0 Å². The van der Waals surface area contributed by atoms with Gasteiger partial charge in [0.15, 0.2) is 0 Å². The number of aromatic nitrogens is 2. The lowest BCUT2D eigenvalue weighted by molar-refractivity contribution is 0.465. The summed E-state index contributed by atoms with van der Waals surface area (Å²) in [6.45, 7) is 4.97. The van der Waals surface area contributed by atoms with Gasteiger partial charge in [0.1, 0.15) is 4.70 Å². The van der Waals surface area contributed by atoms with Gasteiger partial charge in [-0.15, -0.1) is 11.3 Å². The van der Waals surface area contributed by atoms with Crippen molar-refractivity contribution in [3.05, 3.63) is 27.6 Å². The van der Waals surface area contributed by atoms with Gasteiger partial charge in [0.2, 0.25) is 0 Å². The highest BCUT2D eigenvalue weighted by Crippen LogP contribution is 2.19. The van der Waals surface area contributed by atoms with E-state index in [4.69, 9.17) is 0 Å². The van der Waals surface area contributed by atoms with Crippen LogP contribution in [-0.2, 0) is 6.54 Å². The maximum atomic E-state index is 12.2. The van der Waals surface area contributed by atoms with Gasteiger partial charge in [-0.25, -0.2) is 4.98 Å². The Morgan fingerprint density at radius 1 is 1.50 bits per heavy atom. The molecule has 2 rings (SSSR count). The summed E-state index contributed by atoms with van der Waals surface area (Å²) in [4.78, 5) is 16.6. The van der Waals surface area contributed by atoms with Crippen molar-refractivity contribution >= 4 is 37.5 Å². The second-order valence-electron chi connectivity index (χ2n) is 4.71. The van der Waals surface area contributed by atoms with Crippen molar-refractivity contribution in [2.24, 2.45) is 5.92 Å². The highest BCUT2D eigenvalue weighted by atomic mass is 79.9. The summed E-state index contributed by atoms with van der Waals surface area (Å²) in [6, 6.07) is 0. The van der Waals surface area contributed by atoms with E-state index in [9.17, 15) is 4.79 Å². The number of thiophene rings is 1. The van der Waals surface area contributed by atoms with Gasteiger partial charge in [0.25, 0.3) is 5.56 Å². The normalized spacial score (nSPS) is 13.1. The first-order chi connectivity index (χ1) is 8.63. The molecule has 0 bridgehead atoms. The first kappa shape index (κ1) is 13.7. The van der Waals surface area contributed by atoms with Gasteiger partial charge >= 0.3 is 0 Å². The molecule has 0 N–H and O–H groups in total. The predicted octanol–water partition coefficient (Wildman–Crippen LogP) is 3.58. The van der Waals surface area contributed by atoms with E-state index in [0.29, 0.717) is 5.92 Å². The Balaban J connectivity index is 2.19. The molecule has 0 aliphatic rings. The molecule has 2 aromatic rings. The van der Waals surface area contributed by atoms with Crippen LogP contribution in [0.5, 0.6) is 0 Å². The molecule has 2 aromatic heterocycles. The van der Waals surface area contributed by atoms with E-state index in [1.54, 1.807) is 10.9 Å². The second kappa shape index (κ2) is 5.97. The molecule has 2 heterocycles. The minimum Gasteiger partial charge on any atom is -0.298 e. The zero-order valence-corrected chi connectivity index (χ0v) is 13.1. The second-order valence-corrected chi connectivity index (χ2v) is 6.38. The van der Waals surface area contributed by atoms with Crippen LogP contribution in [0.15, 0.2) is 16.5 Å². The Morgan fingerprint density at radius 2 is 2.28 bits per heavy atom. The molecular formula is C13H17BrN2OS. The smallest absolute Gasteiger partial charge is 0.271 e. The fourth-order valence-corrected chi connectivity index (χ4v) is 3.64. The molecular weight excluding hydrogens is 312 g/mol. The topological polar surface area (TPSA) is 34.9 Å². The average Bonchev–Trinajstić information content (AvgIpc) is 2.72. The van der Waals surface area contributed by atoms with Crippen LogP contribution in [0.1, 0.15) is 25.3 Å². The van der Waals surface area contributed by atoms with Crippen LogP contribution in [0.3, 0.4) is 0 Å². The number of hydrogen-bond donors (Lipinski definition) is 0. The van der Waals surface area contributed by atoms with Crippen LogP contribution in [0.2, 0.25) is 0 Å². The Bertz CT molecular complexity index is 590. The first-order valence-electron chi connectivity index (χ1n) is 6.12. The van der Waals surface area contributed by atoms with Crippen LogP contribution in [0.4, 0.5) is 0 Å². The standard InChI is InChI=1S/C13H17BrN2OS/c1-9(3-5-14)4-6-16-8-15-11-10(2)7-18-12(11)13(16)17/h7-9H,3-6H2,1-2H3. The SMILES string of the molecule is Cc1csc2c(=O)n(CCC(C)CCBr)cnc12. The molecule has 1 unspecified atom stereocenters. The third-order valence-electron chi connectivity index (χ3n) is 3.19. The summed E-state index contributed by atoms with van der Waals surface area (Å²) in [5.74, 6) is 0.622. The van der Waals surface area contributed by atoms with E-state index in [1.165, 1.54) is 11.3 Å². The summed E-state index contributed by atoms with van der Waals surface area (Å²) < 4.78 is 2.52. The molecule has 0 fully saturated rings. The quantitative estimate of drug-likeness (QED) is 0.786. The summed E-state index contributed by atoms with van der Waals surface area (Å²) in [5.41, 5.74) is 2.05. The van der Waals surface area contributed by atoms with Crippen molar-refractivity contribution in [2.75, 3.05) is 5.33 Å². The molecule has 0 aliphatic carbocycles. The lowest BCUT2D eigenvalue weighted by atomic mass is 10.1. The molecule has 18 heavy (non-hydrogen) atoms. The number of alkyl halides is 1. The summed E-state index contributed by atoms with van der Waals surface area (Å²) in [6.07, 6.45) is 3.84. The minimum atomic E-state index is 0.101. The Labute approximate surface area is 119 Å². The number of aryl methyl sites for hydroxylation is 2. The highest BCUT2D eigenvalue weighted by molar-refractivity contribution is 9.09. The fourth-order valence-electron chi connectivity index (χ4n) is 1.91. The Hall–Kier alpha value is -0.680. The monoisotopic (exact) mass is 328 g/mol. The number of halogens is 1. The minimum absolute atomic E-state index is 0.101. The Kier molecular flexibility index (Phi) is 4.56. The molecule has 1 atom stereocenters. The summed E-state index contributed by atoms with van der Waals surface area (Å²) in [7, 11) is 0. The van der Waals surface area contributed by atoms with Crippen LogP contribution in [0.25, 0.3) is 10.2 Å². The van der Waals surface area contributed by atoms with Crippen LogP contribution in [0, 0.1) is 12.8 Å². The molecule has 0 aromatic carbocycles. The largest absolute Gasteiger partial charge is 0.298 e. The van der Waals surface area contributed by atoms with Crippen LogP contribution >= 0.6 is 27.3 Å². The van der Waals surface area contributed by atoms with Crippen molar-refractivity contribution in [2.45, 2.75) is 33.2 Å². The van der Waals surface area contributed by atoms with E-state index in [2.05, 4.69) is 27.8 Å². The van der Waals surface area contributed by atoms with Crippen molar-refractivity contribution in [1.29, 1.82) is 0 Å². The van der Waals surface area contributed by atoms with E-state index in [-0.39, 0.29) is 5.56 Å². The summed E-state index contributed by atoms with van der Waals surface area (Å²) >= 11 is 4.94. The van der Waals surface area contributed by atoms with Gasteiger partial charge in [-0.05, 0) is 36.6 Å². The van der Waals surface area contributed by atoms with Gasteiger partial charge in [-0.2, -0.15) is 0 Å². The van der Waals surface area contributed by atoms with E-state index in [0.717, 1.165) is 40.5 Å². The fraction of sp³-hybridized carbons (Fsp3) is 0.538. The third kappa shape index (κ3) is 2.83. The average molecular weight is 329 g/mol. The van der Waals surface area contributed by atoms with Gasteiger partial charge in [0, 0.05) is 11.9 Å². The molecule has 0 spiro atoms. The number of rotatable bonds is 5. The number of nitrogens with zero attached hydrogens (tertiary/aromatic N) is 2. The predicted molar refractivity (Wildman–Crippen MR) is 80.8 cm³/mol. The van der Waals surface area contributed by atoms with E-state index < -0.39 is 0 Å². The van der Waals surface area contributed by atoms with Gasteiger partial charge in [-0.1, -0.05) is 22.9 Å². The van der Waals surface area contributed by atoms with Crippen molar-refractivity contribution in [1.82, 2.24) is 9.55 Å². The van der Waals surface area contributed by atoms with Crippen molar-refractivity contribution in [3.8, 4) is 0 Å². The highest BCUT2D eigenvalue weighted by Gasteiger charge is 2.09. The number of fused-ring (bicyclic) bond motifs is 1. The van der Waals surface area contributed by atoms with Crippen LogP contribution < -0.4 is 5.56 Å².